The highest BCUT2D eigenvalue weighted by Gasteiger charge is 2.24. The Bertz CT molecular complexity index is 402. The highest BCUT2D eigenvalue weighted by molar-refractivity contribution is 5.70. The minimum absolute atomic E-state index is 0.217. The van der Waals surface area contributed by atoms with Gasteiger partial charge in [-0.05, 0) is 31.2 Å². The third-order valence-electron chi connectivity index (χ3n) is 4.29. The van der Waals surface area contributed by atoms with Gasteiger partial charge in [0.05, 0.1) is 5.92 Å². The van der Waals surface area contributed by atoms with Gasteiger partial charge in [-0.3, -0.25) is 4.79 Å². The lowest BCUT2D eigenvalue weighted by Gasteiger charge is -2.24. The van der Waals surface area contributed by atoms with E-state index in [1.54, 1.807) is 0 Å². The van der Waals surface area contributed by atoms with Crippen LogP contribution in [-0.4, -0.2) is 11.1 Å². The van der Waals surface area contributed by atoms with Crippen LogP contribution in [0.4, 0.5) is 0 Å². The van der Waals surface area contributed by atoms with E-state index < -0.39 is 5.97 Å². The van der Waals surface area contributed by atoms with Gasteiger partial charge in [0, 0.05) is 0 Å². The van der Waals surface area contributed by atoms with Crippen LogP contribution in [0.2, 0.25) is 0 Å². The van der Waals surface area contributed by atoms with Crippen LogP contribution in [-0.2, 0) is 11.2 Å². The molecule has 1 atom stereocenters. The molecule has 1 aromatic rings. The Hall–Kier alpha value is -1.31. The van der Waals surface area contributed by atoms with Gasteiger partial charge in [0.15, 0.2) is 0 Å². The van der Waals surface area contributed by atoms with E-state index >= 15 is 0 Å². The van der Waals surface area contributed by atoms with Crippen LogP contribution in [0.25, 0.3) is 0 Å². The molecule has 2 heteroatoms. The van der Waals surface area contributed by atoms with E-state index in [4.69, 9.17) is 0 Å². The Morgan fingerprint density at radius 2 is 1.84 bits per heavy atom. The molecule has 1 N–H and O–H groups in total. The molecule has 0 aliphatic heterocycles. The highest BCUT2D eigenvalue weighted by atomic mass is 16.4. The van der Waals surface area contributed by atoms with Crippen molar-refractivity contribution in [2.75, 3.05) is 0 Å². The van der Waals surface area contributed by atoms with E-state index in [9.17, 15) is 9.90 Å². The molecular weight excluding hydrogens is 236 g/mol. The number of aliphatic carboxylic acids is 1. The minimum Gasteiger partial charge on any atom is -0.481 e. The molecule has 1 aliphatic rings. The summed E-state index contributed by atoms with van der Waals surface area (Å²) in [5, 5.41) is 9.42. The van der Waals surface area contributed by atoms with Gasteiger partial charge in [-0.1, -0.05) is 61.9 Å². The lowest BCUT2D eigenvalue weighted by atomic mass is 9.81. The van der Waals surface area contributed by atoms with Crippen LogP contribution in [0.15, 0.2) is 24.3 Å². The lowest BCUT2D eigenvalue weighted by Crippen LogP contribution is -2.21. The minimum atomic E-state index is -0.633. The Labute approximate surface area is 115 Å². The van der Waals surface area contributed by atoms with Gasteiger partial charge in [-0.2, -0.15) is 0 Å². The van der Waals surface area contributed by atoms with E-state index in [-0.39, 0.29) is 5.92 Å². The van der Waals surface area contributed by atoms with E-state index in [1.807, 2.05) is 0 Å². The molecule has 1 aromatic carbocycles. The van der Waals surface area contributed by atoms with Crippen LogP contribution in [0.3, 0.4) is 0 Å². The first-order valence-electron chi connectivity index (χ1n) is 7.43. The number of carboxylic acids is 1. The number of hydrogen-bond donors (Lipinski definition) is 1. The van der Waals surface area contributed by atoms with Gasteiger partial charge < -0.3 is 5.11 Å². The molecule has 0 spiro atoms. The topological polar surface area (TPSA) is 37.3 Å². The molecule has 1 unspecified atom stereocenters. The molecule has 0 heterocycles. The quantitative estimate of drug-likeness (QED) is 0.861. The Morgan fingerprint density at radius 3 is 2.42 bits per heavy atom. The predicted octanol–water partition coefficient (Wildman–Crippen LogP) is 4.21. The van der Waals surface area contributed by atoms with Crippen molar-refractivity contribution in [3.63, 3.8) is 0 Å². The molecule has 2 nitrogen and oxygen atoms in total. The summed E-state index contributed by atoms with van der Waals surface area (Å²) in [6.07, 6.45) is 7.85. The van der Waals surface area contributed by atoms with Crippen LogP contribution in [0.5, 0.6) is 0 Å². The van der Waals surface area contributed by atoms with Gasteiger partial charge in [0.1, 0.15) is 0 Å². The van der Waals surface area contributed by atoms with Crippen molar-refractivity contribution < 1.29 is 9.90 Å². The summed E-state index contributed by atoms with van der Waals surface area (Å²) in [6, 6.07) is 8.25. The summed E-state index contributed by atoms with van der Waals surface area (Å²) in [5.74, 6) is -0.225. The average Bonchev–Trinajstić information content (AvgIpc) is 2.41. The van der Waals surface area contributed by atoms with Crippen molar-refractivity contribution in [1.82, 2.24) is 0 Å². The number of aryl methyl sites for hydroxylation is 1. The second-order valence-electron chi connectivity index (χ2n) is 5.96. The number of carbonyl (C=O) groups is 1. The zero-order valence-electron chi connectivity index (χ0n) is 11.8. The SMILES string of the molecule is Cc1ccc(CC(CC2CCCCC2)C(=O)O)cc1. The number of carboxylic acid groups (broad SMARTS) is 1. The number of hydrogen-bond acceptors (Lipinski definition) is 1. The summed E-state index contributed by atoms with van der Waals surface area (Å²) >= 11 is 0. The van der Waals surface area contributed by atoms with E-state index in [2.05, 4.69) is 31.2 Å². The summed E-state index contributed by atoms with van der Waals surface area (Å²) in [5.41, 5.74) is 2.37. The van der Waals surface area contributed by atoms with Crippen LogP contribution >= 0.6 is 0 Å². The van der Waals surface area contributed by atoms with E-state index in [0.717, 1.165) is 12.0 Å². The van der Waals surface area contributed by atoms with Gasteiger partial charge in [-0.25, -0.2) is 0 Å². The normalized spacial score (nSPS) is 18.2. The maximum Gasteiger partial charge on any atom is 0.306 e. The smallest absolute Gasteiger partial charge is 0.306 e. The molecule has 0 amide bonds. The Kier molecular flexibility index (Phi) is 5.00. The maximum atomic E-state index is 11.4. The zero-order chi connectivity index (χ0) is 13.7. The monoisotopic (exact) mass is 260 g/mol. The molecular formula is C17H24O2. The van der Waals surface area contributed by atoms with Crippen molar-refractivity contribution in [1.29, 1.82) is 0 Å². The summed E-state index contributed by atoms with van der Waals surface area (Å²) in [7, 11) is 0. The molecule has 1 aliphatic carbocycles. The second-order valence-corrected chi connectivity index (χ2v) is 5.96. The van der Waals surface area contributed by atoms with Crippen molar-refractivity contribution in [2.45, 2.75) is 51.9 Å². The third-order valence-corrected chi connectivity index (χ3v) is 4.29. The first-order valence-corrected chi connectivity index (χ1v) is 7.43. The number of rotatable bonds is 5. The standard InChI is InChI=1S/C17H24O2/c1-13-7-9-15(10-8-13)12-16(17(18)19)11-14-5-3-2-4-6-14/h7-10,14,16H,2-6,11-12H2,1H3,(H,18,19). The molecule has 0 aromatic heterocycles. The van der Waals surface area contributed by atoms with Crippen molar-refractivity contribution >= 4 is 5.97 Å². The van der Waals surface area contributed by atoms with Gasteiger partial charge in [0.25, 0.3) is 0 Å². The van der Waals surface area contributed by atoms with E-state index in [0.29, 0.717) is 12.3 Å². The van der Waals surface area contributed by atoms with Crippen LogP contribution < -0.4 is 0 Å². The second kappa shape index (κ2) is 6.74. The molecule has 1 fully saturated rings. The van der Waals surface area contributed by atoms with Crippen LogP contribution in [0, 0.1) is 18.8 Å². The lowest BCUT2D eigenvalue weighted by molar-refractivity contribution is -0.142. The first kappa shape index (κ1) is 14.1. The Balaban J connectivity index is 1.95. The fourth-order valence-electron chi connectivity index (χ4n) is 3.11. The molecule has 19 heavy (non-hydrogen) atoms. The van der Waals surface area contributed by atoms with E-state index in [1.165, 1.54) is 37.7 Å². The maximum absolute atomic E-state index is 11.4. The van der Waals surface area contributed by atoms with Gasteiger partial charge in [-0.15, -0.1) is 0 Å². The van der Waals surface area contributed by atoms with Crippen LogP contribution in [0.1, 0.15) is 49.7 Å². The predicted molar refractivity (Wildman–Crippen MR) is 77.2 cm³/mol. The van der Waals surface area contributed by atoms with Crippen molar-refractivity contribution in [3.05, 3.63) is 35.4 Å². The molecule has 2 rings (SSSR count). The fraction of sp³-hybridized carbons (Fsp3) is 0.588. The summed E-state index contributed by atoms with van der Waals surface area (Å²) in [6.45, 7) is 2.06. The fourth-order valence-corrected chi connectivity index (χ4v) is 3.11. The van der Waals surface area contributed by atoms with Gasteiger partial charge >= 0.3 is 5.97 Å². The summed E-state index contributed by atoms with van der Waals surface area (Å²) in [4.78, 5) is 11.4. The van der Waals surface area contributed by atoms with Crippen molar-refractivity contribution in [2.24, 2.45) is 11.8 Å². The molecule has 1 saturated carbocycles. The molecule has 104 valence electrons. The average molecular weight is 260 g/mol. The zero-order valence-corrected chi connectivity index (χ0v) is 11.8. The highest BCUT2D eigenvalue weighted by Crippen LogP contribution is 2.30. The molecule has 0 bridgehead atoms. The van der Waals surface area contributed by atoms with Crippen molar-refractivity contribution in [3.8, 4) is 0 Å². The molecule has 0 saturated heterocycles. The Morgan fingerprint density at radius 1 is 1.21 bits per heavy atom. The molecule has 0 radical (unpaired) electrons. The van der Waals surface area contributed by atoms with Gasteiger partial charge in [0.2, 0.25) is 0 Å². The largest absolute Gasteiger partial charge is 0.481 e. The number of benzene rings is 1. The first-order chi connectivity index (χ1) is 9.15. The summed E-state index contributed by atoms with van der Waals surface area (Å²) < 4.78 is 0. The third kappa shape index (κ3) is 4.38.